The molecule has 1 amide bonds. The predicted octanol–water partition coefficient (Wildman–Crippen LogP) is -0.721. The third kappa shape index (κ3) is 5.76. The number of rotatable bonds is 5. The Balaban J connectivity index is 3.95. The van der Waals surface area contributed by atoms with Gasteiger partial charge in [-0.05, 0) is 0 Å². The highest BCUT2D eigenvalue weighted by atomic mass is 16.7. The maximum absolute atomic E-state index is 11.1. The molecule has 0 heterocycles. The maximum atomic E-state index is 11.1. The van der Waals surface area contributed by atoms with Crippen LogP contribution in [-0.4, -0.2) is 50.8 Å². The Bertz CT molecular complexity index is 298. The Labute approximate surface area is 92.5 Å². The summed E-state index contributed by atoms with van der Waals surface area (Å²) in [5.74, 6) is -2.03. The van der Waals surface area contributed by atoms with Crippen LogP contribution in [0.5, 0.6) is 0 Å². The summed E-state index contributed by atoms with van der Waals surface area (Å²) in [6.07, 6.45) is 1.76. The molecule has 0 saturated heterocycles. The van der Waals surface area contributed by atoms with Crippen LogP contribution in [0.25, 0.3) is 0 Å². The number of hydrogen-bond acceptors (Lipinski definition) is 6. The highest BCUT2D eigenvalue weighted by Crippen LogP contribution is 1.89. The Morgan fingerprint density at radius 3 is 2.19 bits per heavy atom. The van der Waals surface area contributed by atoms with Gasteiger partial charge >= 0.3 is 11.9 Å². The lowest BCUT2D eigenvalue weighted by Gasteiger charge is -2.12. The summed E-state index contributed by atoms with van der Waals surface area (Å²) >= 11 is 0. The minimum absolute atomic E-state index is 0.464. The number of amides is 1. The van der Waals surface area contributed by atoms with E-state index in [1.54, 1.807) is 0 Å². The van der Waals surface area contributed by atoms with Gasteiger partial charge in [0.1, 0.15) is 0 Å². The summed E-state index contributed by atoms with van der Waals surface area (Å²) in [6, 6.07) is 0. The smallest absolute Gasteiger partial charge is 0.331 e. The van der Waals surface area contributed by atoms with Gasteiger partial charge in [-0.3, -0.25) is 9.63 Å². The van der Waals surface area contributed by atoms with Crippen molar-refractivity contribution in [1.29, 1.82) is 0 Å². The first-order valence-corrected chi connectivity index (χ1v) is 4.24. The van der Waals surface area contributed by atoms with E-state index in [4.69, 9.17) is 0 Å². The third-order valence-electron chi connectivity index (χ3n) is 1.52. The van der Waals surface area contributed by atoms with Crippen LogP contribution in [0.4, 0.5) is 0 Å². The average Bonchev–Trinajstić information content (AvgIpc) is 2.31. The zero-order valence-corrected chi connectivity index (χ0v) is 9.26. The molecule has 7 nitrogen and oxygen atoms in total. The molecule has 16 heavy (non-hydrogen) atoms. The quantitative estimate of drug-likeness (QED) is 0.353. The number of ether oxygens (including phenoxy) is 2. The van der Waals surface area contributed by atoms with Gasteiger partial charge in [-0.25, -0.2) is 14.7 Å². The molecule has 0 saturated carbocycles. The molecule has 0 bridgehead atoms. The maximum Gasteiger partial charge on any atom is 0.331 e. The lowest BCUT2D eigenvalue weighted by Crippen LogP contribution is -2.30. The molecule has 0 fully saturated rings. The zero-order valence-electron chi connectivity index (χ0n) is 9.26. The number of hydroxylamine groups is 2. The molecule has 0 radical (unpaired) electrons. The fraction of sp³-hybridized carbons (Fsp3) is 0.444. The number of likely N-dealkylation sites (N-methyl/N-ethyl adjacent to an activating group) is 1. The summed E-state index contributed by atoms with van der Waals surface area (Å²) in [4.78, 5) is 37.2. The van der Waals surface area contributed by atoms with Gasteiger partial charge in [0.2, 0.25) is 0 Å². The first kappa shape index (κ1) is 14.1. The van der Waals surface area contributed by atoms with Crippen molar-refractivity contribution in [2.24, 2.45) is 0 Å². The van der Waals surface area contributed by atoms with Crippen molar-refractivity contribution in [2.45, 2.75) is 0 Å². The minimum Gasteiger partial charge on any atom is -0.466 e. The molecule has 0 N–H and O–H groups in total. The molecular weight excluding hydrogens is 218 g/mol. The molecular formula is C9H13NO6. The van der Waals surface area contributed by atoms with Gasteiger partial charge in [-0.1, -0.05) is 0 Å². The van der Waals surface area contributed by atoms with Crippen molar-refractivity contribution in [3.63, 3.8) is 0 Å². The molecule has 0 aromatic rings. The van der Waals surface area contributed by atoms with Crippen molar-refractivity contribution in [3.8, 4) is 0 Å². The van der Waals surface area contributed by atoms with Gasteiger partial charge < -0.3 is 9.47 Å². The normalized spacial score (nSPS) is 9.94. The van der Waals surface area contributed by atoms with Crippen molar-refractivity contribution in [1.82, 2.24) is 5.06 Å². The van der Waals surface area contributed by atoms with Crippen LogP contribution in [0, 0.1) is 0 Å². The monoisotopic (exact) mass is 231 g/mol. The van der Waals surface area contributed by atoms with E-state index < -0.39 is 24.5 Å². The first-order valence-electron chi connectivity index (χ1n) is 4.24. The first-order chi connectivity index (χ1) is 7.51. The molecule has 0 aromatic carbocycles. The summed E-state index contributed by atoms with van der Waals surface area (Å²) < 4.78 is 8.77. The summed E-state index contributed by atoms with van der Waals surface area (Å²) in [7, 11) is 3.85. The Morgan fingerprint density at radius 1 is 1.12 bits per heavy atom. The van der Waals surface area contributed by atoms with E-state index in [9.17, 15) is 14.4 Å². The molecule has 90 valence electrons. The van der Waals surface area contributed by atoms with Gasteiger partial charge in [-0.2, -0.15) is 0 Å². The molecule has 0 aromatic heterocycles. The van der Waals surface area contributed by atoms with Crippen LogP contribution in [0.2, 0.25) is 0 Å². The van der Waals surface area contributed by atoms with Crippen molar-refractivity contribution in [3.05, 3.63) is 12.2 Å². The van der Waals surface area contributed by atoms with Crippen LogP contribution >= 0.6 is 0 Å². The number of esters is 2. The number of carbonyl (C=O) groups excluding carboxylic acids is 3. The Hall–Kier alpha value is -1.89. The zero-order chi connectivity index (χ0) is 12.6. The molecule has 0 rings (SSSR count). The summed E-state index contributed by atoms with van der Waals surface area (Å²) in [5.41, 5.74) is 0. The van der Waals surface area contributed by atoms with E-state index in [1.807, 2.05) is 0 Å². The van der Waals surface area contributed by atoms with Crippen molar-refractivity contribution in [2.75, 3.05) is 27.9 Å². The fourth-order valence-electron chi connectivity index (χ4n) is 0.578. The number of carbonyl (C=O) groups is 3. The second-order valence-electron chi connectivity index (χ2n) is 2.54. The topological polar surface area (TPSA) is 82.1 Å². The molecule has 0 aliphatic carbocycles. The number of nitrogens with zero attached hydrogens (tertiary/aromatic N) is 1. The SMILES string of the molecule is COC(=O)C=CC(=O)OCC(=O)N(C)OC. The predicted molar refractivity (Wildman–Crippen MR) is 51.9 cm³/mol. The minimum atomic E-state index is -0.816. The fourth-order valence-corrected chi connectivity index (χ4v) is 0.578. The summed E-state index contributed by atoms with van der Waals surface area (Å²) in [5, 5.41) is 0.914. The van der Waals surface area contributed by atoms with E-state index in [0.29, 0.717) is 0 Å². The highest BCUT2D eigenvalue weighted by molar-refractivity contribution is 5.92. The Kier molecular flexibility index (Phi) is 6.53. The van der Waals surface area contributed by atoms with Gasteiger partial charge in [0.05, 0.1) is 14.2 Å². The van der Waals surface area contributed by atoms with Gasteiger partial charge in [-0.15, -0.1) is 0 Å². The van der Waals surface area contributed by atoms with E-state index in [-0.39, 0.29) is 0 Å². The molecule has 0 aliphatic rings. The molecule has 0 spiro atoms. The van der Waals surface area contributed by atoms with Crippen LogP contribution in [0.3, 0.4) is 0 Å². The average molecular weight is 231 g/mol. The lowest BCUT2D eigenvalue weighted by molar-refractivity contribution is -0.175. The van der Waals surface area contributed by atoms with Crippen LogP contribution < -0.4 is 0 Å². The van der Waals surface area contributed by atoms with Crippen LogP contribution in [-0.2, 0) is 28.7 Å². The van der Waals surface area contributed by atoms with Crippen molar-refractivity contribution < 1.29 is 28.7 Å². The second-order valence-corrected chi connectivity index (χ2v) is 2.54. The van der Waals surface area contributed by atoms with Gasteiger partial charge in [0.15, 0.2) is 6.61 Å². The molecule has 0 unspecified atom stereocenters. The van der Waals surface area contributed by atoms with E-state index in [1.165, 1.54) is 21.3 Å². The molecule has 0 aliphatic heterocycles. The third-order valence-corrected chi connectivity index (χ3v) is 1.52. The van der Waals surface area contributed by atoms with Gasteiger partial charge in [0.25, 0.3) is 5.91 Å². The Morgan fingerprint density at radius 2 is 1.69 bits per heavy atom. The second kappa shape index (κ2) is 7.41. The number of hydrogen-bond donors (Lipinski definition) is 0. The summed E-state index contributed by atoms with van der Waals surface area (Å²) in [6.45, 7) is -0.464. The van der Waals surface area contributed by atoms with Crippen LogP contribution in [0.15, 0.2) is 12.2 Å². The van der Waals surface area contributed by atoms with E-state index in [0.717, 1.165) is 17.2 Å². The van der Waals surface area contributed by atoms with E-state index >= 15 is 0 Å². The lowest BCUT2D eigenvalue weighted by atomic mass is 10.5. The van der Waals surface area contributed by atoms with E-state index in [2.05, 4.69) is 14.3 Å². The molecule has 0 atom stereocenters. The largest absolute Gasteiger partial charge is 0.466 e. The van der Waals surface area contributed by atoms with Crippen molar-refractivity contribution >= 4 is 17.8 Å². The van der Waals surface area contributed by atoms with Crippen LogP contribution in [0.1, 0.15) is 0 Å². The van der Waals surface area contributed by atoms with Gasteiger partial charge in [0, 0.05) is 19.2 Å². The standard InChI is InChI=1S/C9H13NO6/c1-10(15-3)7(11)6-16-9(13)5-4-8(12)14-2/h4-5H,6H2,1-3H3. The number of methoxy groups -OCH3 is 1. The highest BCUT2D eigenvalue weighted by Gasteiger charge is 2.10. The molecule has 7 heteroatoms.